The number of fused-ring (bicyclic) bond motifs is 2. The first-order valence-corrected chi connectivity index (χ1v) is 16.1. The van der Waals surface area contributed by atoms with Crippen LogP contribution in [-0.4, -0.2) is 91.3 Å². The molecule has 4 atom stereocenters. The second-order valence-corrected chi connectivity index (χ2v) is 12.6. The van der Waals surface area contributed by atoms with Crippen molar-refractivity contribution >= 4 is 17.5 Å². The third-order valence-corrected chi connectivity index (χ3v) is 8.35. The number of alkyl halides is 3. The molecular weight excluding hydrogens is 619 g/mol. The van der Waals surface area contributed by atoms with Crippen molar-refractivity contribution in [3.8, 4) is 17.2 Å². The van der Waals surface area contributed by atoms with Crippen LogP contribution in [0, 0.1) is 5.92 Å². The summed E-state index contributed by atoms with van der Waals surface area (Å²) in [7, 11) is 2.01. The van der Waals surface area contributed by atoms with Gasteiger partial charge in [-0.05, 0) is 76.1 Å². The molecule has 2 N–H and O–H groups in total. The van der Waals surface area contributed by atoms with Crippen molar-refractivity contribution < 1.29 is 46.8 Å². The van der Waals surface area contributed by atoms with E-state index in [1.807, 2.05) is 39.1 Å². The van der Waals surface area contributed by atoms with E-state index in [9.17, 15) is 27.9 Å². The van der Waals surface area contributed by atoms with Crippen LogP contribution in [-0.2, 0) is 16.1 Å². The van der Waals surface area contributed by atoms with Crippen LogP contribution >= 0.6 is 0 Å². The van der Waals surface area contributed by atoms with Crippen LogP contribution in [0.2, 0.25) is 0 Å². The second kappa shape index (κ2) is 16.5. The van der Waals surface area contributed by atoms with Gasteiger partial charge >= 0.3 is 6.18 Å². The molecule has 0 bridgehead atoms. The first-order valence-electron chi connectivity index (χ1n) is 16.1. The van der Waals surface area contributed by atoms with E-state index in [-0.39, 0.29) is 49.3 Å². The zero-order valence-corrected chi connectivity index (χ0v) is 27.5. The van der Waals surface area contributed by atoms with E-state index in [2.05, 4.69) is 10.2 Å². The summed E-state index contributed by atoms with van der Waals surface area (Å²) in [6.07, 6.45) is -4.60. The zero-order chi connectivity index (χ0) is 34.1. The number of aliphatic hydroxyl groups excluding tert-OH is 1. The van der Waals surface area contributed by atoms with Crippen LogP contribution in [0.5, 0.6) is 17.2 Å². The minimum absolute atomic E-state index is 0.146. The van der Waals surface area contributed by atoms with E-state index in [4.69, 9.17) is 18.9 Å². The predicted octanol–water partition coefficient (Wildman–Crippen LogP) is 5.62. The fraction of sp³-hybridized carbons (Fsp3) is 0.588. The number of anilines is 1. The summed E-state index contributed by atoms with van der Waals surface area (Å²) in [5, 5.41) is 12.6. The highest BCUT2D eigenvalue weighted by Crippen LogP contribution is 2.33. The van der Waals surface area contributed by atoms with Gasteiger partial charge in [-0.1, -0.05) is 13.0 Å². The van der Waals surface area contributed by atoms with Gasteiger partial charge in [0.2, 0.25) is 12.7 Å². The third-order valence-electron chi connectivity index (χ3n) is 8.35. The normalized spacial score (nSPS) is 21.5. The molecule has 2 heterocycles. The summed E-state index contributed by atoms with van der Waals surface area (Å²) < 4.78 is 61.6. The van der Waals surface area contributed by atoms with Gasteiger partial charge < -0.3 is 34.3 Å². The zero-order valence-electron chi connectivity index (χ0n) is 27.5. The van der Waals surface area contributed by atoms with Crippen molar-refractivity contribution in [3.63, 3.8) is 0 Å². The number of aliphatic hydroxyl groups is 1. The molecule has 0 fully saturated rings. The number of carbonyl (C=O) groups is 2. The van der Waals surface area contributed by atoms with Gasteiger partial charge in [-0.3, -0.25) is 14.5 Å². The molecule has 2 aromatic carbocycles. The van der Waals surface area contributed by atoms with Gasteiger partial charge in [0.05, 0.1) is 36.8 Å². The van der Waals surface area contributed by atoms with Crippen molar-refractivity contribution in [2.45, 2.75) is 83.8 Å². The molecule has 0 saturated heterocycles. The number of benzene rings is 2. The fourth-order valence-corrected chi connectivity index (χ4v) is 5.66. The summed E-state index contributed by atoms with van der Waals surface area (Å²) in [4.78, 5) is 30.2. The molecule has 2 aliphatic rings. The number of likely N-dealkylation sites (N-methyl/N-ethyl adjacent to an activating group) is 1. The quantitative estimate of drug-likeness (QED) is 0.355. The number of nitrogens with zero attached hydrogens (tertiary/aromatic N) is 2. The maximum absolute atomic E-state index is 14.2. The maximum Gasteiger partial charge on any atom is 0.389 e. The molecule has 2 aliphatic heterocycles. The van der Waals surface area contributed by atoms with E-state index in [0.717, 1.165) is 24.2 Å². The highest BCUT2D eigenvalue weighted by Gasteiger charge is 2.31. The number of hydrogen-bond acceptors (Lipinski definition) is 8. The molecule has 0 spiro atoms. The highest BCUT2D eigenvalue weighted by atomic mass is 19.4. The standard InChI is InChI=1S/C34H46F3N3O7/c1-22-17-40(23(2)20-41)33(43)27-16-26(38-32(42)12-13-34(35,36)37)9-11-28(27)47-24(3)7-5-6-14-44-31(22)19-39(4)18-25-8-10-29-30(15-25)46-21-45-29/h8-11,15-16,22-24,31,41H,5-7,12-14,17-21H2,1-4H3,(H,38,42)/t22-,23-,24-,31+/m0/s1. The Kier molecular flexibility index (Phi) is 12.8. The van der Waals surface area contributed by atoms with Crippen LogP contribution in [0.15, 0.2) is 36.4 Å². The largest absolute Gasteiger partial charge is 0.490 e. The SMILES string of the molecule is C[C@H]1CCCCO[C@H](CN(C)Cc2ccc3c(c2)OCO3)[C@@H](C)CN([C@@H](C)CO)C(=O)c2cc(NC(=O)CCC(F)(F)F)ccc2O1. The Labute approximate surface area is 274 Å². The average molecular weight is 666 g/mol. The summed E-state index contributed by atoms with van der Waals surface area (Å²) in [6, 6.07) is 9.78. The van der Waals surface area contributed by atoms with Crippen molar-refractivity contribution in [1.29, 1.82) is 0 Å². The Balaban J connectivity index is 1.56. The molecule has 2 aromatic rings. The van der Waals surface area contributed by atoms with Crippen molar-refractivity contribution in [3.05, 3.63) is 47.5 Å². The highest BCUT2D eigenvalue weighted by molar-refractivity contribution is 5.99. The molecule has 2 amide bonds. The van der Waals surface area contributed by atoms with Gasteiger partial charge in [-0.15, -0.1) is 0 Å². The second-order valence-electron chi connectivity index (χ2n) is 12.6. The van der Waals surface area contributed by atoms with E-state index in [1.165, 1.54) is 12.1 Å². The van der Waals surface area contributed by atoms with Gasteiger partial charge in [-0.25, -0.2) is 0 Å². The molecule has 47 heavy (non-hydrogen) atoms. The Morgan fingerprint density at radius 3 is 2.60 bits per heavy atom. The van der Waals surface area contributed by atoms with Gasteiger partial charge in [0.1, 0.15) is 5.75 Å². The Morgan fingerprint density at radius 1 is 1.11 bits per heavy atom. The van der Waals surface area contributed by atoms with Crippen molar-refractivity contribution in [2.24, 2.45) is 5.92 Å². The molecule has 0 radical (unpaired) electrons. The lowest BCUT2D eigenvalue weighted by molar-refractivity contribution is -0.142. The molecule has 10 nitrogen and oxygen atoms in total. The predicted molar refractivity (Wildman–Crippen MR) is 170 cm³/mol. The molecule has 260 valence electrons. The lowest BCUT2D eigenvalue weighted by Crippen LogP contribution is -2.47. The molecule has 0 unspecified atom stereocenters. The first-order chi connectivity index (χ1) is 22.3. The van der Waals surface area contributed by atoms with E-state index >= 15 is 0 Å². The molecular formula is C34H46F3N3O7. The molecule has 0 aliphatic carbocycles. The number of rotatable bonds is 9. The van der Waals surface area contributed by atoms with Crippen LogP contribution in [0.3, 0.4) is 0 Å². The van der Waals surface area contributed by atoms with Gasteiger partial charge in [0.15, 0.2) is 11.5 Å². The van der Waals surface area contributed by atoms with Gasteiger partial charge in [0.25, 0.3) is 5.91 Å². The van der Waals surface area contributed by atoms with E-state index < -0.39 is 36.9 Å². The smallest absolute Gasteiger partial charge is 0.389 e. The van der Waals surface area contributed by atoms with Crippen LogP contribution in [0.1, 0.15) is 68.8 Å². The van der Waals surface area contributed by atoms with Gasteiger partial charge in [-0.2, -0.15) is 13.2 Å². The minimum atomic E-state index is -4.46. The summed E-state index contributed by atoms with van der Waals surface area (Å²) in [5.41, 5.74) is 1.38. The summed E-state index contributed by atoms with van der Waals surface area (Å²) >= 11 is 0. The number of ether oxygens (including phenoxy) is 4. The third kappa shape index (κ3) is 10.7. The van der Waals surface area contributed by atoms with Crippen LogP contribution in [0.25, 0.3) is 0 Å². The summed E-state index contributed by atoms with van der Waals surface area (Å²) in [6.45, 7) is 7.56. The number of hydrogen-bond donors (Lipinski definition) is 2. The molecule has 4 rings (SSSR count). The molecule has 0 aromatic heterocycles. The Morgan fingerprint density at radius 2 is 1.85 bits per heavy atom. The lowest BCUT2D eigenvalue weighted by atomic mass is 10.0. The van der Waals surface area contributed by atoms with Crippen molar-refractivity contribution in [1.82, 2.24) is 9.80 Å². The fourth-order valence-electron chi connectivity index (χ4n) is 5.66. The van der Waals surface area contributed by atoms with Gasteiger partial charge in [0, 0.05) is 44.3 Å². The minimum Gasteiger partial charge on any atom is -0.490 e. The number of carbonyl (C=O) groups excluding carboxylic acids is 2. The first kappa shape index (κ1) is 36.3. The Hall–Kier alpha value is -3.55. The van der Waals surface area contributed by atoms with Crippen LogP contribution in [0.4, 0.5) is 18.9 Å². The lowest BCUT2D eigenvalue weighted by Gasteiger charge is -2.36. The molecule has 0 saturated carbocycles. The Bertz CT molecular complexity index is 1360. The monoisotopic (exact) mass is 665 g/mol. The maximum atomic E-state index is 14.2. The van der Waals surface area contributed by atoms with E-state index in [1.54, 1.807) is 17.9 Å². The van der Waals surface area contributed by atoms with E-state index in [0.29, 0.717) is 37.6 Å². The average Bonchev–Trinajstić information content (AvgIpc) is 3.49. The van der Waals surface area contributed by atoms with Crippen LogP contribution < -0.4 is 19.5 Å². The topological polar surface area (TPSA) is 110 Å². The number of amides is 2. The number of nitrogens with one attached hydrogen (secondary N) is 1. The number of halogens is 3. The molecule has 13 heteroatoms. The van der Waals surface area contributed by atoms with Crippen molar-refractivity contribution in [2.75, 3.05) is 45.5 Å². The summed E-state index contributed by atoms with van der Waals surface area (Å²) in [5.74, 6) is 0.337.